The van der Waals surface area contributed by atoms with Gasteiger partial charge < -0.3 is 5.73 Å². The Morgan fingerprint density at radius 1 is 1.21 bits per heavy atom. The second-order valence-corrected chi connectivity index (χ2v) is 8.56. The van der Waals surface area contributed by atoms with Crippen molar-refractivity contribution in [3.8, 4) is 0 Å². The summed E-state index contributed by atoms with van der Waals surface area (Å²) in [6, 6.07) is 6.77. The van der Waals surface area contributed by atoms with E-state index < -0.39 is 10.0 Å². The van der Waals surface area contributed by atoms with Crippen LogP contribution in [0.2, 0.25) is 0 Å². The van der Waals surface area contributed by atoms with Gasteiger partial charge in [-0.2, -0.15) is 0 Å². The van der Waals surface area contributed by atoms with E-state index in [1.54, 1.807) is 18.2 Å². The molecule has 0 fully saturated rings. The van der Waals surface area contributed by atoms with Gasteiger partial charge in [-0.25, -0.2) is 8.42 Å². The van der Waals surface area contributed by atoms with Crippen LogP contribution in [-0.4, -0.2) is 8.42 Å². The number of benzene rings is 1. The Bertz CT molecular complexity index is 723. The zero-order valence-corrected chi connectivity index (χ0v) is 13.6. The number of nitrogens with one attached hydrogen (secondary N) is 1. The lowest BCUT2D eigenvalue weighted by molar-refractivity contribution is 0.603. The minimum Gasteiger partial charge on any atom is -0.398 e. The van der Waals surface area contributed by atoms with Gasteiger partial charge in [-0.1, -0.05) is 6.07 Å². The summed E-state index contributed by atoms with van der Waals surface area (Å²) in [5, 5.41) is 0. The van der Waals surface area contributed by atoms with Crippen LogP contribution in [0.1, 0.15) is 11.1 Å². The van der Waals surface area contributed by atoms with Gasteiger partial charge in [0.15, 0.2) is 0 Å². The summed E-state index contributed by atoms with van der Waals surface area (Å²) in [5.74, 6) is 0. The van der Waals surface area contributed by atoms with Crippen molar-refractivity contribution in [1.82, 2.24) is 0 Å². The average Bonchev–Trinajstić information content (AvgIpc) is 2.73. The van der Waals surface area contributed by atoms with Gasteiger partial charge in [0.2, 0.25) is 0 Å². The molecular formula is C12H13BrN2O2S2. The van der Waals surface area contributed by atoms with E-state index in [0.29, 0.717) is 11.4 Å². The molecule has 0 aliphatic rings. The molecule has 19 heavy (non-hydrogen) atoms. The SMILES string of the molecule is Cc1cc(C)c(NS(=O)(=O)c2ccc(Br)s2)cc1N. The Morgan fingerprint density at radius 3 is 2.47 bits per heavy atom. The van der Waals surface area contributed by atoms with Gasteiger partial charge in [0.25, 0.3) is 10.0 Å². The number of aryl methyl sites for hydroxylation is 2. The molecule has 102 valence electrons. The Labute approximate surface area is 124 Å². The summed E-state index contributed by atoms with van der Waals surface area (Å²) in [6.07, 6.45) is 0. The number of hydrogen-bond acceptors (Lipinski definition) is 4. The minimum absolute atomic E-state index is 0.262. The lowest BCUT2D eigenvalue weighted by atomic mass is 10.1. The lowest BCUT2D eigenvalue weighted by Crippen LogP contribution is -2.12. The fourth-order valence-corrected chi connectivity index (χ4v) is 4.75. The van der Waals surface area contributed by atoms with Crippen molar-refractivity contribution in [2.75, 3.05) is 10.5 Å². The maximum atomic E-state index is 12.2. The first-order valence-corrected chi connectivity index (χ1v) is 8.54. The number of anilines is 2. The zero-order valence-electron chi connectivity index (χ0n) is 10.4. The second-order valence-electron chi connectivity index (χ2n) is 4.19. The summed E-state index contributed by atoms with van der Waals surface area (Å²) in [4.78, 5) is 0. The van der Waals surface area contributed by atoms with Gasteiger partial charge in [0.05, 0.1) is 9.47 Å². The quantitative estimate of drug-likeness (QED) is 0.822. The second kappa shape index (κ2) is 5.15. The third-order valence-corrected chi connectivity index (χ3v) is 6.15. The summed E-state index contributed by atoms with van der Waals surface area (Å²) in [7, 11) is -3.56. The molecule has 0 aliphatic heterocycles. The maximum absolute atomic E-state index is 12.2. The first-order valence-electron chi connectivity index (χ1n) is 5.44. The molecule has 0 saturated carbocycles. The topological polar surface area (TPSA) is 72.2 Å². The van der Waals surface area contributed by atoms with Gasteiger partial charge in [0, 0.05) is 5.69 Å². The van der Waals surface area contributed by atoms with E-state index in [1.807, 2.05) is 19.9 Å². The minimum atomic E-state index is -3.56. The summed E-state index contributed by atoms with van der Waals surface area (Å²) >= 11 is 4.41. The van der Waals surface area contributed by atoms with E-state index in [4.69, 9.17) is 5.73 Å². The molecule has 3 N–H and O–H groups in total. The molecule has 0 radical (unpaired) electrons. The third kappa shape index (κ3) is 3.10. The highest BCUT2D eigenvalue weighted by Gasteiger charge is 2.17. The molecule has 1 aromatic heterocycles. The largest absolute Gasteiger partial charge is 0.398 e. The predicted octanol–water partition coefficient (Wildman–Crippen LogP) is 3.51. The highest BCUT2D eigenvalue weighted by Crippen LogP contribution is 2.29. The monoisotopic (exact) mass is 360 g/mol. The molecule has 0 bridgehead atoms. The Morgan fingerprint density at radius 2 is 1.89 bits per heavy atom. The molecule has 4 nitrogen and oxygen atoms in total. The molecule has 1 heterocycles. The number of sulfonamides is 1. The first-order chi connectivity index (χ1) is 8.79. The number of nitrogens with two attached hydrogens (primary N) is 1. The maximum Gasteiger partial charge on any atom is 0.271 e. The van der Waals surface area contributed by atoms with Crippen LogP contribution in [0.4, 0.5) is 11.4 Å². The number of nitrogen functional groups attached to an aromatic ring is 1. The van der Waals surface area contributed by atoms with E-state index in [-0.39, 0.29) is 4.21 Å². The number of thiophene rings is 1. The fourth-order valence-electron chi connectivity index (χ4n) is 1.62. The normalized spacial score (nSPS) is 11.5. The van der Waals surface area contributed by atoms with E-state index in [9.17, 15) is 8.42 Å². The molecule has 0 saturated heterocycles. The van der Waals surface area contributed by atoms with Crippen LogP contribution in [-0.2, 0) is 10.0 Å². The van der Waals surface area contributed by atoms with Crippen LogP contribution < -0.4 is 10.5 Å². The lowest BCUT2D eigenvalue weighted by Gasteiger charge is -2.11. The Balaban J connectivity index is 2.38. The smallest absolute Gasteiger partial charge is 0.271 e. The van der Waals surface area contributed by atoms with E-state index >= 15 is 0 Å². The van der Waals surface area contributed by atoms with Crippen LogP contribution in [0.5, 0.6) is 0 Å². The average molecular weight is 361 g/mol. The Kier molecular flexibility index (Phi) is 3.89. The van der Waals surface area contributed by atoms with Gasteiger partial charge in [-0.05, 0) is 59.1 Å². The molecule has 2 aromatic rings. The van der Waals surface area contributed by atoms with E-state index in [0.717, 1.165) is 26.3 Å². The first kappa shape index (κ1) is 14.4. The summed E-state index contributed by atoms with van der Waals surface area (Å²) in [6.45, 7) is 3.73. The van der Waals surface area contributed by atoms with Crippen molar-refractivity contribution in [2.24, 2.45) is 0 Å². The van der Waals surface area contributed by atoms with E-state index in [1.165, 1.54) is 0 Å². The van der Waals surface area contributed by atoms with Gasteiger partial charge in [-0.3, -0.25) is 4.72 Å². The zero-order chi connectivity index (χ0) is 14.2. The molecule has 0 spiro atoms. The van der Waals surface area contributed by atoms with Crippen molar-refractivity contribution < 1.29 is 8.42 Å². The molecule has 2 rings (SSSR count). The van der Waals surface area contributed by atoms with Gasteiger partial charge in [-0.15, -0.1) is 11.3 Å². The molecule has 0 atom stereocenters. The third-order valence-electron chi connectivity index (χ3n) is 2.67. The molecule has 1 aromatic carbocycles. The van der Waals surface area contributed by atoms with Crippen molar-refractivity contribution in [3.05, 3.63) is 39.2 Å². The molecule has 0 unspecified atom stereocenters. The molecule has 7 heteroatoms. The highest BCUT2D eigenvalue weighted by molar-refractivity contribution is 9.11. The van der Waals surface area contributed by atoms with Crippen molar-refractivity contribution in [2.45, 2.75) is 18.1 Å². The standard InChI is InChI=1S/C12H13BrN2O2S2/c1-7-5-8(2)10(6-9(7)14)15-19(16,17)12-4-3-11(13)18-12/h3-6,15H,14H2,1-2H3. The molecule has 0 amide bonds. The number of rotatable bonds is 3. The van der Waals surface area contributed by atoms with Crippen molar-refractivity contribution >= 4 is 48.7 Å². The van der Waals surface area contributed by atoms with Crippen LogP contribution in [0.15, 0.2) is 32.3 Å². The van der Waals surface area contributed by atoms with Crippen LogP contribution in [0.3, 0.4) is 0 Å². The molecule has 0 aliphatic carbocycles. The van der Waals surface area contributed by atoms with Crippen molar-refractivity contribution in [3.63, 3.8) is 0 Å². The summed E-state index contributed by atoms with van der Waals surface area (Å²) < 4.78 is 28.0. The van der Waals surface area contributed by atoms with Gasteiger partial charge >= 0.3 is 0 Å². The highest BCUT2D eigenvalue weighted by atomic mass is 79.9. The van der Waals surface area contributed by atoms with Crippen molar-refractivity contribution in [1.29, 1.82) is 0 Å². The van der Waals surface area contributed by atoms with Crippen LogP contribution in [0, 0.1) is 13.8 Å². The fraction of sp³-hybridized carbons (Fsp3) is 0.167. The molecular weight excluding hydrogens is 348 g/mol. The predicted molar refractivity (Wildman–Crippen MR) is 83.2 cm³/mol. The van der Waals surface area contributed by atoms with Crippen LogP contribution >= 0.6 is 27.3 Å². The summed E-state index contributed by atoms with van der Waals surface area (Å²) in [5.41, 5.74) is 8.65. The number of hydrogen-bond donors (Lipinski definition) is 2. The Hall–Kier alpha value is -1.05. The van der Waals surface area contributed by atoms with Crippen LogP contribution in [0.25, 0.3) is 0 Å². The number of halogens is 1. The van der Waals surface area contributed by atoms with E-state index in [2.05, 4.69) is 20.7 Å². The van der Waals surface area contributed by atoms with Gasteiger partial charge in [0.1, 0.15) is 4.21 Å².